The Kier molecular flexibility index (Phi) is 2.80. The third-order valence-electron chi connectivity index (χ3n) is 4.24. The van der Waals surface area contributed by atoms with Gasteiger partial charge in [-0.25, -0.2) is 4.98 Å². The summed E-state index contributed by atoms with van der Waals surface area (Å²) in [6.45, 7) is 0. The molecule has 0 saturated carbocycles. The van der Waals surface area contributed by atoms with E-state index in [1.54, 1.807) is 18.4 Å². The lowest BCUT2D eigenvalue weighted by molar-refractivity contribution is 0.0379. The van der Waals surface area contributed by atoms with E-state index in [4.69, 9.17) is 4.74 Å². The molecule has 4 rings (SSSR count). The van der Waals surface area contributed by atoms with Crippen molar-refractivity contribution in [1.29, 1.82) is 0 Å². The quantitative estimate of drug-likeness (QED) is 0.809. The molecule has 0 aliphatic heterocycles. The van der Waals surface area contributed by atoms with Crippen LogP contribution in [0.5, 0.6) is 5.75 Å². The van der Waals surface area contributed by atoms with E-state index in [2.05, 4.69) is 11.1 Å². The Morgan fingerprint density at radius 3 is 3.19 bits per heavy atom. The van der Waals surface area contributed by atoms with E-state index in [1.807, 2.05) is 34.3 Å². The first-order valence-corrected chi connectivity index (χ1v) is 7.87. The van der Waals surface area contributed by atoms with E-state index in [-0.39, 0.29) is 0 Å². The van der Waals surface area contributed by atoms with E-state index >= 15 is 0 Å². The number of imidazole rings is 1. The van der Waals surface area contributed by atoms with Gasteiger partial charge >= 0.3 is 0 Å². The van der Waals surface area contributed by atoms with Gasteiger partial charge in [0.1, 0.15) is 5.75 Å². The molecule has 0 spiro atoms. The summed E-state index contributed by atoms with van der Waals surface area (Å²) in [6.07, 6.45) is 6.18. The minimum atomic E-state index is -0.839. The topological polar surface area (TPSA) is 46.8 Å². The lowest BCUT2D eigenvalue weighted by atomic mass is 9.91. The molecule has 21 heavy (non-hydrogen) atoms. The second-order valence-corrected chi connectivity index (χ2v) is 6.43. The van der Waals surface area contributed by atoms with E-state index in [0.717, 1.165) is 34.8 Å². The van der Waals surface area contributed by atoms with Gasteiger partial charge in [0.25, 0.3) is 0 Å². The van der Waals surface area contributed by atoms with Crippen LogP contribution in [0.4, 0.5) is 0 Å². The Morgan fingerprint density at radius 2 is 2.38 bits per heavy atom. The van der Waals surface area contributed by atoms with Gasteiger partial charge in [-0.15, -0.1) is 11.3 Å². The number of aliphatic hydroxyl groups is 1. The van der Waals surface area contributed by atoms with Gasteiger partial charge in [-0.05, 0) is 36.1 Å². The highest BCUT2D eigenvalue weighted by Crippen LogP contribution is 2.41. The zero-order chi connectivity index (χ0) is 14.4. The minimum Gasteiger partial charge on any atom is -0.497 e. The van der Waals surface area contributed by atoms with Crippen molar-refractivity contribution in [1.82, 2.24) is 9.38 Å². The number of aryl methyl sites for hydroxylation is 1. The maximum atomic E-state index is 11.1. The van der Waals surface area contributed by atoms with Crippen LogP contribution in [0.2, 0.25) is 0 Å². The second kappa shape index (κ2) is 4.58. The summed E-state index contributed by atoms with van der Waals surface area (Å²) in [5.74, 6) is 0.792. The van der Waals surface area contributed by atoms with Crippen LogP contribution < -0.4 is 4.74 Å². The lowest BCUT2D eigenvalue weighted by Gasteiger charge is -2.23. The largest absolute Gasteiger partial charge is 0.497 e. The van der Waals surface area contributed by atoms with Crippen molar-refractivity contribution in [2.45, 2.75) is 24.9 Å². The van der Waals surface area contributed by atoms with Crippen molar-refractivity contribution in [2.75, 3.05) is 7.11 Å². The zero-order valence-electron chi connectivity index (χ0n) is 11.7. The number of fused-ring (bicyclic) bond motifs is 2. The molecule has 1 aliphatic rings. The van der Waals surface area contributed by atoms with Crippen LogP contribution >= 0.6 is 11.3 Å². The molecule has 0 radical (unpaired) electrons. The molecule has 1 N–H and O–H groups in total. The number of rotatable bonds is 3. The smallest absolute Gasteiger partial charge is 0.193 e. The first kappa shape index (κ1) is 12.9. The van der Waals surface area contributed by atoms with Gasteiger partial charge < -0.3 is 9.84 Å². The summed E-state index contributed by atoms with van der Waals surface area (Å²) in [4.78, 5) is 5.56. The molecule has 0 amide bonds. The predicted octanol–water partition coefficient (Wildman–Crippen LogP) is 2.78. The Bertz CT molecular complexity index is 779. The highest BCUT2D eigenvalue weighted by atomic mass is 32.1. The molecule has 0 bridgehead atoms. The highest BCUT2D eigenvalue weighted by molar-refractivity contribution is 7.15. The number of methoxy groups -OCH3 is 1. The monoisotopic (exact) mass is 300 g/mol. The third-order valence-corrected chi connectivity index (χ3v) is 5.01. The number of aromatic nitrogens is 2. The predicted molar refractivity (Wildman–Crippen MR) is 82.0 cm³/mol. The Morgan fingerprint density at radius 1 is 1.48 bits per heavy atom. The molecule has 1 atom stereocenters. The van der Waals surface area contributed by atoms with E-state index < -0.39 is 5.60 Å². The van der Waals surface area contributed by atoms with Gasteiger partial charge in [-0.2, -0.15) is 0 Å². The van der Waals surface area contributed by atoms with Crippen LogP contribution in [0, 0.1) is 0 Å². The zero-order valence-corrected chi connectivity index (χ0v) is 12.6. The standard InChI is InChI=1S/C16H16N2O2S/c1-20-13-3-2-11-4-5-16(19,14(11)8-13)9-12-10-18-6-7-21-15(18)17-12/h2-3,6-8,10,19H,4-5,9H2,1H3. The Hall–Kier alpha value is -1.85. The fourth-order valence-corrected chi connectivity index (χ4v) is 3.87. The van der Waals surface area contributed by atoms with E-state index in [0.29, 0.717) is 6.42 Å². The fraction of sp³-hybridized carbons (Fsp3) is 0.312. The van der Waals surface area contributed by atoms with Crippen molar-refractivity contribution in [3.05, 3.63) is 52.8 Å². The summed E-state index contributed by atoms with van der Waals surface area (Å²) < 4.78 is 7.29. The molecule has 1 aromatic carbocycles. The van der Waals surface area contributed by atoms with Gasteiger partial charge in [0.15, 0.2) is 4.96 Å². The molecule has 3 aromatic rings. The molecular weight excluding hydrogens is 284 g/mol. The first-order chi connectivity index (χ1) is 10.2. The van der Waals surface area contributed by atoms with Gasteiger partial charge in [0.05, 0.1) is 18.4 Å². The first-order valence-electron chi connectivity index (χ1n) is 6.99. The van der Waals surface area contributed by atoms with E-state index in [9.17, 15) is 5.11 Å². The summed E-state index contributed by atoms with van der Waals surface area (Å²) in [6, 6.07) is 5.97. The maximum Gasteiger partial charge on any atom is 0.193 e. The van der Waals surface area contributed by atoms with E-state index in [1.165, 1.54) is 5.56 Å². The summed E-state index contributed by atoms with van der Waals surface area (Å²) >= 11 is 1.61. The second-order valence-electron chi connectivity index (χ2n) is 5.56. The SMILES string of the molecule is COc1ccc2c(c1)C(O)(Cc1cn3ccsc3n1)CC2. The Labute approximate surface area is 126 Å². The van der Waals surface area contributed by atoms with Crippen LogP contribution in [-0.2, 0) is 18.4 Å². The molecule has 0 saturated heterocycles. The number of thiazole rings is 1. The number of ether oxygens (including phenoxy) is 1. The number of hydrogen-bond donors (Lipinski definition) is 1. The molecule has 2 heterocycles. The van der Waals surface area contributed by atoms with Crippen LogP contribution in [0.3, 0.4) is 0 Å². The molecular formula is C16H16N2O2S. The summed E-state index contributed by atoms with van der Waals surface area (Å²) in [5, 5.41) is 13.1. The van der Waals surface area contributed by atoms with Crippen LogP contribution in [0.25, 0.3) is 4.96 Å². The molecule has 0 fully saturated rings. The number of benzene rings is 1. The molecule has 1 aliphatic carbocycles. The average Bonchev–Trinajstić information content (AvgIpc) is 3.13. The van der Waals surface area contributed by atoms with Gasteiger partial charge in [0, 0.05) is 24.2 Å². The Balaban J connectivity index is 1.70. The van der Waals surface area contributed by atoms with Crippen LogP contribution in [0.1, 0.15) is 23.2 Å². The van der Waals surface area contributed by atoms with Crippen LogP contribution in [0.15, 0.2) is 36.0 Å². The normalized spacial score (nSPS) is 20.9. The van der Waals surface area contributed by atoms with Gasteiger partial charge in [-0.1, -0.05) is 6.07 Å². The minimum absolute atomic E-state index is 0.543. The van der Waals surface area contributed by atoms with Gasteiger partial charge in [0.2, 0.25) is 0 Å². The van der Waals surface area contributed by atoms with Crippen molar-refractivity contribution >= 4 is 16.3 Å². The average molecular weight is 300 g/mol. The summed E-state index contributed by atoms with van der Waals surface area (Å²) in [7, 11) is 1.65. The summed E-state index contributed by atoms with van der Waals surface area (Å²) in [5.41, 5.74) is 2.28. The van der Waals surface area contributed by atoms with Gasteiger partial charge in [-0.3, -0.25) is 4.40 Å². The molecule has 1 unspecified atom stereocenters. The lowest BCUT2D eigenvalue weighted by Crippen LogP contribution is -2.25. The van der Waals surface area contributed by atoms with Crippen molar-refractivity contribution < 1.29 is 9.84 Å². The van der Waals surface area contributed by atoms with Crippen LogP contribution in [-0.4, -0.2) is 21.6 Å². The third kappa shape index (κ3) is 2.04. The maximum absolute atomic E-state index is 11.1. The molecule has 108 valence electrons. The molecule has 5 heteroatoms. The van der Waals surface area contributed by atoms with Crippen molar-refractivity contribution in [3.63, 3.8) is 0 Å². The van der Waals surface area contributed by atoms with Crippen molar-refractivity contribution in [3.8, 4) is 5.75 Å². The fourth-order valence-electron chi connectivity index (χ4n) is 3.15. The molecule has 4 nitrogen and oxygen atoms in total. The number of hydrogen-bond acceptors (Lipinski definition) is 4. The van der Waals surface area contributed by atoms with Crippen molar-refractivity contribution in [2.24, 2.45) is 0 Å². The highest BCUT2D eigenvalue weighted by Gasteiger charge is 2.37. The number of nitrogens with zero attached hydrogens (tertiary/aromatic N) is 2. The molecule has 2 aromatic heterocycles.